The van der Waals surface area contributed by atoms with E-state index in [4.69, 9.17) is 4.42 Å². The summed E-state index contributed by atoms with van der Waals surface area (Å²) >= 11 is 3.57. The van der Waals surface area contributed by atoms with Crippen molar-refractivity contribution >= 4 is 65.7 Å². The molecule has 0 fully saturated rings. The number of hydrogen-bond donors (Lipinski definition) is 0. The number of benzene rings is 5. The Bertz CT molecular complexity index is 1550. The first-order valence-corrected chi connectivity index (χ1v) is 11.0. The smallest absolute Gasteiger partial charge is 0.137 e. The second-order valence-electron chi connectivity index (χ2n) is 7.59. The lowest BCUT2D eigenvalue weighted by Gasteiger charge is -2.26. The van der Waals surface area contributed by atoms with Crippen LogP contribution in [0, 0.1) is 0 Å². The van der Waals surface area contributed by atoms with Crippen molar-refractivity contribution in [3.63, 3.8) is 0 Å². The van der Waals surface area contributed by atoms with E-state index >= 15 is 0 Å². The van der Waals surface area contributed by atoms with Crippen molar-refractivity contribution in [2.45, 2.75) is 0 Å². The fraction of sp³-hybridized carbons (Fsp3) is 0. The molecule has 6 rings (SSSR count). The molecule has 2 nitrogen and oxygen atoms in total. The average Bonchev–Trinajstić information content (AvgIpc) is 3.20. The molecule has 0 atom stereocenters. The molecule has 0 radical (unpaired) electrons. The van der Waals surface area contributed by atoms with Crippen LogP contribution in [0.25, 0.3) is 32.7 Å². The van der Waals surface area contributed by atoms with Crippen LogP contribution >= 0.6 is 15.9 Å². The van der Waals surface area contributed by atoms with Gasteiger partial charge in [0.2, 0.25) is 0 Å². The first-order valence-electron chi connectivity index (χ1n) is 10.2. The maximum Gasteiger partial charge on any atom is 0.137 e. The minimum Gasteiger partial charge on any atom is -0.456 e. The zero-order valence-corrected chi connectivity index (χ0v) is 18.2. The zero-order chi connectivity index (χ0) is 20.8. The molecule has 3 heteroatoms. The Morgan fingerprint density at radius 3 is 2.16 bits per heavy atom. The van der Waals surface area contributed by atoms with Crippen LogP contribution in [0.2, 0.25) is 0 Å². The van der Waals surface area contributed by atoms with E-state index in [1.165, 1.54) is 10.8 Å². The summed E-state index contributed by atoms with van der Waals surface area (Å²) in [5.41, 5.74) is 5.09. The van der Waals surface area contributed by atoms with Crippen molar-refractivity contribution < 1.29 is 4.42 Å². The Morgan fingerprint density at radius 1 is 0.581 bits per heavy atom. The van der Waals surface area contributed by atoms with Gasteiger partial charge in [0.1, 0.15) is 11.2 Å². The molecule has 0 bridgehead atoms. The topological polar surface area (TPSA) is 16.4 Å². The van der Waals surface area contributed by atoms with Gasteiger partial charge < -0.3 is 9.32 Å². The van der Waals surface area contributed by atoms with Gasteiger partial charge in [-0.3, -0.25) is 0 Å². The predicted octanol–water partition coefficient (Wildman–Crippen LogP) is 8.97. The third-order valence-corrected chi connectivity index (χ3v) is 6.23. The maximum atomic E-state index is 6.17. The Kier molecular flexibility index (Phi) is 4.29. The van der Waals surface area contributed by atoms with Crippen LogP contribution in [-0.2, 0) is 0 Å². The summed E-state index contributed by atoms with van der Waals surface area (Å²) in [7, 11) is 0. The molecule has 0 spiro atoms. The summed E-state index contributed by atoms with van der Waals surface area (Å²) < 4.78 is 7.23. The minimum absolute atomic E-state index is 0.890. The number of furan rings is 1. The fourth-order valence-corrected chi connectivity index (χ4v) is 4.54. The molecular formula is C28H18BrNO. The van der Waals surface area contributed by atoms with Crippen LogP contribution in [0.15, 0.2) is 118 Å². The van der Waals surface area contributed by atoms with E-state index in [1.54, 1.807) is 0 Å². The molecule has 0 saturated carbocycles. The molecule has 0 N–H and O–H groups in total. The van der Waals surface area contributed by atoms with Gasteiger partial charge in [0.15, 0.2) is 0 Å². The summed E-state index contributed by atoms with van der Waals surface area (Å²) in [5, 5.41) is 4.69. The normalized spacial score (nSPS) is 11.4. The van der Waals surface area contributed by atoms with Crippen molar-refractivity contribution in [3.8, 4) is 0 Å². The third kappa shape index (κ3) is 3.09. The van der Waals surface area contributed by atoms with Gasteiger partial charge in [0.25, 0.3) is 0 Å². The number of hydrogen-bond acceptors (Lipinski definition) is 2. The van der Waals surface area contributed by atoms with Crippen molar-refractivity contribution in [3.05, 3.63) is 114 Å². The second-order valence-corrected chi connectivity index (χ2v) is 8.51. The van der Waals surface area contributed by atoms with E-state index in [-0.39, 0.29) is 0 Å². The Balaban J connectivity index is 1.67. The number of para-hydroxylation sites is 1. The number of nitrogens with zero attached hydrogens (tertiary/aromatic N) is 1. The Morgan fingerprint density at radius 2 is 1.29 bits per heavy atom. The van der Waals surface area contributed by atoms with Gasteiger partial charge in [0.05, 0.1) is 11.1 Å². The monoisotopic (exact) mass is 463 g/mol. The van der Waals surface area contributed by atoms with Crippen LogP contribution in [0.3, 0.4) is 0 Å². The van der Waals surface area contributed by atoms with Gasteiger partial charge >= 0.3 is 0 Å². The van der Waals surface area contributed by atoms with E-state index in [0.717, 1.165) is 43.5 Å². The lowest BCUT2D eigenvalue weighted by atomic mass is 10.1. The van der Waals surface area contributed by atoms with Crippen LogP contribution in [0.5, 0.6) is 0 Å². The fourth-order valence-electron chi connectivity index (χ4n) is 4.28. The second kappa shape index (κ2) is 7.29. The SMILES string of the molecule is Brc1ccc(N(c2ccc3ccccc3c2)c2cccc3oc4ccccc4c23)cc1. The molecular weight excluding hydrogens is 446 g/mol. The molecule has 31 heavy (non-hydrogen) atoms. The van der Waals surface area contributed by atoms with Gasteiger partial charge in [-0.05, 0) is 65.4 Å². The number of rotatable bonds is 3. The average molecular weight is 464 g/mol. The van der Waals surface area contributed by atoms with Crippen molar-refractivity contribution in [1.82, 2.24) is 0 Å². The number of halogens is 1. The standard InChI is InChI=1S/C28H18BrNO/c29-21-13-16-22(17-14-21)30(23-15-12-19-6-1-2-7-20(19)18-23)25-9-5-11-27-28(25)24-8-3-4-10-26(24)31-27/h1-18H. The molecule has 5 aromatic carbocycles. The predicted molar refractivity (Wildman–Crippen MR) is 134 cm³/mol. The highest BCUT2D eigenvalue weighted by Crippen LogP contribution is 2.43. The van der Waals surface area contributed by atoms with Gasteiger partial charge in [0, 0.05) is 21.2 Å². The van der Waals surface area contributed by atoms with E-state index in [2.05, 4.69) is 112 Å². The van der Waals surface area contributed by atoms with Gasteiger partial charge in [-0.15, -0.1) is 0 Å². The zero-order valence-electron chi connectivity index (χ0n) is 16.6. The van der Waals surface area contributed by atoms with Crippen molar-refractivity contribution in [2.24, 2.45) is 0 Å². The Labute approximate surface area is 188 Å². The van der Waals surface area contributed by atoms with E-state index in [0.29, 0.717) is 0 Å². The summed E-state index contributed by atoms with van der Waals surface area (Å²) in [5.74, 6) is 0. The summed E-state index contributed by atoms with van der Waals surface area (Å²) in [6.45, 7) is 0. The summed E-state index contributed by atoms with van der Waals surface area (Å²) in [4.78, 5) is 2.31. The molecule has 6 aromatic rings. The molecule has 1 heterocycles. The molecule has 0 unspecified atom stereocenters. The van der Waals surface area contributed by atoms with Crippen LogP contribution in [0.1, 0.15) is 0 Å². The Hall–Kier alpha value is -3.56. The number of anilines is 3. The van der Waals surface area contributed by atoms with Crippen LogP contribution < -0.4 is 4.90 Å². The summed E-state index contributed by atoms with van der Waals surface area (Å²) in [6, 6.07) is 38.0. The molecule has 1 aromatic heterocycles. The molecule has 0 saturated heterocycles. The largest absolute Gasteiger partial charge is 0.456 e. The highest BCUT2D eigenvalue weighted by atomic mass is 79.9. The third-order valence-electron chi connectivity index (χ3n) is 5.70. The van der Waals surface area contributed by atoms with Gasteiger partial charge in [-0.1, -0.05) is 70.5 Å². The lowest BCUT2D eigenvalue weighted by Crippen LogP contribution is -2.10. The first-order chi connectivity index (χ1) is 15.3. The van der Waals surface area contributed by atoms with Gasteiger partial charge in [-0.2, -0.15) is 0 Å². The van der Waals surface area contributed by atoms with E-state index < -0.39 is 0 Å². The molecule has 148 valence electrons. The van der Waals surface area contributed by atoms with E-state index in [9.17, 15) is 0 Å². The quantitative estimate of drug-likeness (QED) is 0.260. The van der Waals surface area contributed by atoms with Crippen molar-refractivity contribution in [2.75, 3.05) is 4.90 Å². The van der Waals surface area contributed by atoms with Crippen LogP contribution in [0.4, 0.5) is 17.1 Å². The highest BCUT2D eigenvalue weighted by Gasteiger charge is 2.19. The lowest BCUT2D eigenvalue weighted by molar-refractivity contribution is 0.669. The highest BCUT2D eigenvalue weighted by molar-refractivity contribution is 9.10. The minimum atomic E-state index is 0.890. The molecule has 0 aliphatic heterocycles. The molecule has 0 aliphatic rings. The molecule has 0 aliphatic carbocycles. The van der Waals surface area contributed by atoms with E-state index in [1.807, 2.05) is 18.2 Å². The number of fused-ring (bicyclic) bond motifs is 4. The van der Waals surface area contributed by atoms with Crippen LogP contribution in [-0.4, -0.2) is 0 Å². The van der Waals surface area contributed by atoms with Gasteiger partial charge in [-0.25, -0.2) is 0 Å². The molecule has 0 amide bonds. The maximum absolute atomic E-state index is 6.17. The van der Waals surface area contributed by atoms with Crippen molar-refractivity contribution in [1.29, 1.82) is 0 Å². The summed E-state index contributed by atoms with van der Waals surface area (Å²) in [6.07, 6.45) is 0. The first kappa shape index (κ1) is 18.2.